The van der Waals surface area contributed by atoms with Gasteiger partial charge in [-0.05, 0) is 37.3 Å². The number of para-hydroxylation sites is 1. The molecule has 2 heterocycles. The minimum atomic E-state index is -0.0599. The first kappa shape index (κ1) is 14.2. The van der Waals surface area contributed by atoms with Gasteiger partial charge in [0, 0.05) is 25.8 Å². The number of carbonyl (C=O) groups excluding carboxylic acids is 1. The number of aryl methyl sites for hydroxylation is 1. The third-order valence-corrected chi connectivity index (χ3v) is 3.98. The normalized spacial score (nSPS) is 18.5. The molecule has 1 fully saturated rings. The van der Waals surface area contributed by atoms with Crippen molar-refractivity contribution in [2.24, 2.45) is 0 Å². The molecule has 1 aromatic carbocycles. The Hall–Kier alpha value is -1.75. The molecule has 0 radical (unpaired) electrons. The van der Waals surface area contributed by atoms with E-state index in [0.717, 1.165) is 56.9 Å². The minimum absolute atomic E-state index is 0.0599. The van der Waals surface area contributed by atoms with Gasteiger partial charge in [-0.25, -0.2) is 0 Å². The molecule has 0 spiro atoms. The highest BCUT2D eigenvalue weighted by atomic mass is 16.5. The SMILES string of the molecule is O=C(COc1cccc2c1NCCC2)NC1CCOCC1. The molecule has 21 heavy (non-hydrogen) atoms. The van der Waals surface area contributed by atoms with Crippen LogP contribution in [0.5, 0.6) is 5.75 Å². The van der Waals surface area contributed by atoms with Crippen LogP contribution in [-0.4, -0.2) is 38.3 Å². The number of rotatable bonds is 4. The predicted molar refractivity (Wildman–Crippen MR) is 80.7 cm³/mol. The molecular formula is C16H22N2O3. The quantitative estimate of drug-likeness (QED) is 0.886. The number of carbonyl (C=O) groups is 1. The Morgan fingerprint density at radius 1 is 1.38 bits per heavy atom. The second kappa shape index (κ2) is 6.80. The standard InChI is InChI=1S/C16H22N2O3/c19-15(18-13-6-9-20-10-7-13)11-21-14-5-1-3-12-4-2-8-17-16(12)14/h1,3,5,13,17H,2,4,6-11H2,(H,18,19). The van der Waals surface area contributed by atoms with Crippen molar-refractivity contribution in [3.05, 3.63) is 23.8 Å². The number of hydrogen-bond donors (Lipinski definition) is 2. The van der Waals surface area contributed by atoms with Gasteiger partial charge < -0.3 is 20.1 Å². The summed E-state index contributed by atoms with van der Waals surface area (Å²) >= 11 is 0. The molecule has 3 rings (SSSR count). The van der Waals surface area contributed by atoms with E-state index < -0.39 is 0 Å². The number of fused-ring (bicyclic) bond motifs is 1. The van der Waals surface area contributed by atoms with Crippen LogP contribution in [0.3, 0.4) is 0 Å². The molecule has 2 aliphatic rings. The molecule has 1 aromatic rings. The number of nitrogens with one attached hydrogen (secondary N) is 2. The zero-order valence-electron chi connectivity index (χ0n) is 12.2. The van der Waals surface area contributed by atoms with Crippen molar-refractivity contribution in [3.63, 3.8) is 0 Å². The fraction of sp³-hybridized carbons (Fsp3) is 0.562. The Morgan fingerprint density at radius 2 is 2.24 bits per heavy atom. The van der Waals surface area contributed by atoms with E-state index in [-0.39, 0.29) is 18.6 Å². The number of hydrogen-bond acceptors (Lipinski definition) is 4. The molecule has 5 nitrogen and oxygen atoms in total. The third-order valence-electron chi connectivity index (χ3n) is 3.98. The summed E-state index contributed by atoms with van der Waals surface area (Å²) in [4.78, 5) is 12.0. The van der Waals surface area contributed by atoms with Gasteiger partial charge in [0.05, 0.1) is 5.69 Å². The maximum absolute atomic E-state index is 12.0. The highest BCUT2D eigenvalue weighted by Crippen LogP contribution is 2.31. The van der Waals surface area contributed by atoms with E-state index in [1.807, 2.05) is 12.1 Å². The maximum Gasteiger partial charge on any atom is 0.258 e. The van der Waals surface area contributed by atoms with Crippen LogP contribution in [0.2, 0.25) is 0 Å². The zero-order chi connectivity index (χ0) is 14.5. The van der Waals surface area contributed by atoms with Gasteiger partial charge in [-0.3, -0.25) is 4.79 Å². The Kier molecular flexibility index (Phi) is 4.60. The van der Waals surface area contributed by atoms with Gasteiger partial charge in [0.2, 0.25) is 0 Å². The van der Waals surface area contributed by atoms with E-state index in [2.05, 4.69) is 16.7 Å². The average molecular weight is 290 g/mol. The molecule has 0 saturated carbocycles. The van der Waals surface area contributed by atoms with Crippen molar-refractivity contribution >= 4 is 11.6 Å². The Morgan fingerprint density at radius 3 is 3.10 bits per heavy atom. The summed E-state index contributed by atoms with van der Waals surface area (Å²) in [6.45, 7) is 2.47. The van der Waals surface area contributed by atoms with Crippen LogP contribution in [0.4, 0.5) is 5.69 Å². The number of amides is 1. The first-order valence-electron chi connectivity index (χ1n) is 7.68. The smallest absolute Gasteiger partial charge is 0.258 e. The Balaban J connectivity index is 1.53. The number of anilines is 1. The lowest BCUT2D eigenvalue weighted by molar-refractivity contribution is -0.124. The summed E-state index contributed by atoms with van der Waals surface area (Å²) in [5.41, 5.74) is 2.31. The van der Waals surface area contributed by atoms with Crippen LogP contribution in [0.1, 0.15) is 24.8 Å². The molecule has 2 N–H and O–H groups in total. The van der Waals surface area contributed by atoms with Crippen molar-refractivity contribution in [2.45, 2.75) is 31.7 Å². The summed E-state index contributed by atoms with van der Waals surface area (Å²) in [7, 11) is 0. The van der Waals surface area contributed by atoms with Crippen LogP contribution < -0.4 is 15.4 Å². The Labute approximate surface area is 125 Å². The van der Waals surface area contributed by atoms with Crippen molar-refractivity contribution in [3.8, 4) is 5.75 Å². The summed E-state index contributed by atoms with van der Waals surface area (Å²) < 4.78 is 11.0. The lowest BCUT2D eigenvalue weighted by Gasteiger charge is -2.24. The van der Waals surface area contributed by atoms with E-state index >= 15 is 0 Å². The van der Waals surface area contributed by atoms with Gasteiger partial charge in [-0.1, -0.05) is 12.1 Å². The van der Waals surface area contributed by atoms with Crippen LogP contribution in [0.25, 0.3) is 0 Å². The van der Waals surface area contributed by atoms with Crippen molar-refractivity contribution in [1.29, 1.82) is 0 Å². The Bertz CT molecular complexity index is 498. The molecule has 2 aliphatic heterocycles. The van der Waals surface area contributed by atoms with E-state index in [9.17, 15) is 4.79 Å². The van der Waals surface area contributed by atoms with Gasteiger partial charge in [0.15, 0.2) is 6.61 Å². The lowest BCUT2D eigenvalue weighted by Crippen LogP contribution is -2.41. The first-order chi connectivity index (χ1) is 10.3. The summed E-state index contributed by atoms with van der Waals surface area (Å²) in [6.07, 6.45) is 3.97. The monoisotopic (exact) mass is 290 g/mol. The fourth-order valence-electron chi connectivity index (χ4n) is 2.85. The first-order valence-corrected chi connectivity index (χ1v) is 7.68. The van der Waals surface area contributed by atoms with Gasteiger partial charge in [-0.15, -0.1) is 0 Å². The summed E-state index contributed by atoms with van der Waals surface area (Å²) in [6, 6.07) is 6.23. The van der Waals surface area contributed by atoms with E-state index in [4.69, 9.17) is 9.47 Å². The van der Waals surface area contributed by atoms with E-state index in [0.29, 0.717) is 0 Å². The van der Waals surface area contributed by atoms with Crippen molar-refractivity contribution in [1.82, 2.24) is 5.32 Å². The minimum Gasteiger partial charge on any atom is -0.482 e. The third kappa shape index (κ3) is 3.67. The molecule has 0 aliphatic carbocycles. The van der Waals surface area contributed by atoms with Gasteiger partial charge >= 0.3 is 0 Å². The van der Waals surface area contributed by atoms with Crippen LogP contribution >= 0.6 is 0 Å². The average Bonchev–Trinajstić information content (AvgIpc) is 2.54. The lowest BCUT2D eigenvalue weighted by atomic mass is 10.0. The van der Waals surface area contributed by atoms with E-state index in [1.165, 1.54) is 5.56 Å². The number of benzene rings is 1. The highest BCUT2D eigenvalue weighted by Gasteiger charge is 2.17. The molecule has 5 heteroatoms. The molecule has 0 unspecified atom stereocenters. The molecule has 0 aromatic heterocycles. The van der Waals surface area contributed by atoms with Gasteiger partial charge in [0.1, 0.15) is 5.75 Å². The zero-order valence-corrected chi connectivity index (χ0v) is 12.2. The van der Waals surface area contributed by atoms with Crippen LogP contribution in [0, 0.1) is 0 Å². The van der Waals surface area contributed by atoms with Crippen LogP contribution in [0.15, 0.2) is 18.2 Å². The molecule has 0 atom stereocenters. The van der Waals surface area contributed by atoms with Gasteiger partial charge in [0.25, 0.3) is 5.91 Å². The predicted octanol–water partition coefficient (Wildman–Crippen LogP) is 1.72. The second-order valence-corrected chi connectivity index (χ2v) is 5.56. The van der Waals surface area contributed by atoms with Crippen molar-refractivity contribution in [2.75, 3.05) is 31.7 Å². The largest absolute Gasteiger partial charge is 0.482 e. The number of ether oxygens (including phenoxy) is 2. The summed E-state index contributed by atoms with van der Waals surface area (Å²) in [5.74, 6) is 0.713. The second-order valence-electron chi connectivity index (χ2n) is 5.56. The van der Waals surface area contributed by atoms with Crippen LogP contribution in [-0.2, 0) is 16.0 Å². The highest BCUT2D eigenvalue weighted by molar-refractivity contribution is 5.78. The summed E-state index contributed by atoms with van der Waals surface area (Å²) in [5, 5.41) is 6.37. The van der Waals surface area contributed by atoms with Gasteiger partial charge in [-0.2, -0.15) is 0 Å². The molecule has 1 amide bonds. The topological polar surface area (TPSA) is 59.6 Å². The van der Waals surface area contributed by atoms with E-state index in [1.54, 1.807) is 0 Å². The molecule has 114 valence electrons. The molecule has 1 saturated heterocycles. The fourth-order valence-corrected chi connectivity index (χ4v) is 2.85. The van der Waals surface area contributed by atoms with Crippen molar-refractivity contribution < 1.29 is 14.3 Å². The molecule has 0 bridgehead atoms. The molecular weight excluding hydrogens is 268 g/mol. The maximum atomic E-state index is 12.0.